The maximum absolute atomic E-state index is 4.19. The highest BCUT2D eigenvalue weighted by atomic mass is 127. The molecule has 3 aromatic rings. The molecular weight excluding hydrogens is 507 g/mol. The molecule has 0 aliphatic heterocycles. The summed E-state index contributed by atoms with van der Waals surface area (Å²) in [4.78, 5) is 0. The van der Waals surface area contributed by atoms with Crippen molar-refractivity contribution in [3.05, 3.63) is 110 Å². The summed E-state index contributed by atoms with van der Waals surface area (Å²) in [5.74, 6) is 0. The highest BCUT2D eigenvalue weighted by Gasteiger charge is 2.42. The molecule has 0 radical (unpaired) electrons. The summed E-state index contributed by atoms with van der Waals surface area (Å²) in [6.45, 7) is 10.8. The van der Waals surface area contributed by atoms with Crippen molar-refractivity contribution in [3.8, 4) is 11.1 Å². The van der Waals surface area contributed by atoms with Gasteiger partial charge in [-0.1, -0.05) is 142 Å². The van der Waals surface area contributed by atoms with Gasteiger partial charge in [0, 0.05) is 0 Å². The first-order valence-electron chi connectivity index (χ1n) is 10.6. The summed E-state index contributed by atoms with van der Waals surface area (Å²) in [5, 5.41) is 3.06. The Kier molecular flexibility index (Phi) is 8.08. The second kappa shape index (κ2) is 10.6. The van der Waals surface area contributed by atoms with Gasteiger partial charge in [-0.15, -0.1) is 13.2 Å². The van der Waals surface area contributed by atoms with Crippen molar-refractivity contribution in [3.63, 3.8) is 0 Å². The van der Waals surface area contributed by atoms with Crippen LogP contribution in [-0.4, -0.2) is 20.2 Å². The zero-order chi connectivity index (χ0) is 21.5. The zero-order valence-electron chi connectivity index (χ0n) is 17.9. The van der Waals surface area contributed by atoms with E-state index in [0.29, 0.717) is 0 Å². The topological polar surface area (TPSA) is 0 Å². The minimum Gasteiger partial charge on any atom is -0.103 e. The number of allylic oxidation sites excluding steroid dienone is 2. The molecule has 0 aliphatic carbocycles. The van der Waals surface area contributed by atoms with Crippen molar-refractivity contribution in [2.24, 2.45) is 0 Å². The molecule has 2 atom stereocenters. The van der Waals surface area contributed by atoms with Crippen molar-refractivity contribution >= 4 is 49.1 Å². The second-order valence-electron chi connectivity index (χ2n) is 8.50. The zero-order valence-corrected chi connectivity index (χ0v) is 22.0. The van der Waals surface area contributed by atoms with Crippen LogP contribution in [0.4, 0.5) is 0 Å². The van der Waals surface area contributed by atoms with Gasteiger partial charge >= 0.3 is 0 Å². The van der Waals surface area contributed by atoms with Crippen LogP contribution in [0.3, 0.4) is 0 Å². The van der Waals surface area contributed by atoms with Crippen molar-refractivity contribution in [1.82, 2.24) is 0 Å². The number of halogens is 1. The van der Waals surface area contributed by atoms with Gasteiger partial charge in [-0.3, -0.25) is 0 Å². The van der Waals surface area contributed by atoms with E-state index >= 15 is 0 Å². The molecule has 0 fully saturated rings. The van der Waals surface area contributed by atoms with E-state index in [2.05, 4.69) is 139 Å². The molecule has 0 spiro atoms. The molecule has 3 rings (SSSR count). The van der Waals surface area contributed by atoms with Gasteiger partial charge in [0.1, 0.15) is 8.07 Å². The number of rotatable bonds is 10. The highest BCUT2D eigenvalue weighted by molar-refractivity contribution is 14.1. The number of hydrogen-bond donors (Lipinski definition) is 0. The summed E-state index contributed by atoms with van der Waals surface area (Å²) in [5.41, 5.74) is 3.89. The molecule has 2 unspecified atom stereocenters. The van der Waals surface area contributed by atoms with Crippen LogP contribution < -0.4 is 10.4 Å². The fraction of sp³-hybridized carbons (Fsp3) is 0.185. The van der Waals surface area contributed by atoms with E-state index in [4.69, 9.17) is 0 Å². The fourth-order valence-electron chi connectivity index (χ4n) is 4.55. The largest absolute Gasteiger partial charge is 0.119 e. The van der Waals surface area contributed by atoms with Gasteiger partial charge < -0.3 is 0 Å². The molecule has 3 aromatic carbocycles. The van der Waals surface area contributed by atoms with Crippen molar-refractivity contribution in [2.45, 2.75) is 24.3 Å². The maximum Gasteiger partial charge on any atom is 0.119 e. The van der Waals surface area contributed by atoms with Crippen LogP contribution in [0.25, 0.3) is 11.1 Å². The monoisotopic (exact) mass is 538 g/mol. The van der Waals surface area contributed by atoms with Crippen LogP contribution in [0.15, 0.2) is 110 Å². The van der Waals surface area contributed by atoms with Gasteiger partial charge in [0.25, 0.3) is 0 Å². The quantitative estimate of drug-likeness (QED) is 0.114. The molecule has 0 N–H and O–H groups in total. The third-order valence-corrected chi connectivity index (χ3v) is 23.2. The Balaban J connectivity index is 2.13. The average Bonchev–Trinajstić information content (AvgIpc) is 2.80. The Bertz CT molecular complexity index is 953. The number of alkyl halides is 1. The molecule has 0 nitrogen and oxygen atoms in total. The number of hydrogen-bond acceptors (Lipinski definition) is 0. The Morgan fingerprint density at radius 3 is 1.73 bits per heavy atom. The van der Waals surface area contributed by atoms with E-state index in [1.807, 2.05) is 0 Å². The van der Waals surface area contributed by atoms with Gasteiger partial charge in [-0.25, -0.2) is 0 Å². The molecule has 3 heteroatoms. The van der Waals surface area contributed by atoms with Crippen molar-refractivity contribution in [1.29, 1.82) is 0 Å². The predicted octanol–water partition coefficient (Wildman–Crippen LogP) is 6.88. The summed E-state index contributed by atoms with van der Waals surface area (Å²) in [6, 6.07) is 33.6. The van der Waals surface area contributed by atoms with Crippen LogP contribution in [0.2, 0.25) is 24.3 Å². The molecule has 0 saturated heterocycles. The van der Waals surface area contributed by atoms with E-state index in [0.717, 1.165) is 6.04 Å². The first kappa shape index (κ1) is 23.0. The number of benzene rings is 3. The lowest BCUT2D eigenvalue weighted by Crippen LogP contribution is -2.62. The Labute approximate surface area is 197 Å². The Hall–Kier alpha value is -1.70. The SMILES string of the molecule is C=CC[Si](C)(CI)C[Si](CC=C)(c1ccccc1)c1ccc(-c2ccccc2)cc1. The van der Waals surface area contributed by atoms with Gasteiger partial charge in [-0.05, 0) is 27.3 Å². The standard InChI is InChI=1S/C27H31ISi2/c1-4-20-29(3,22-28)23-30(21-5-2,26-14-10-7-11-15-26)27-18-16-25(17-19-27)24-12-8-6-9-13-24/h4-19H,1-2,20-23H2,3H3. The lowest BCUT2D eigenvalue weighted by atomic mass is 10.1. The second-order valence-corrected chi connectivity index (χ2v) is 20.2. The molecule has 0 saturated carbocycles. The minimum absolute atomic E-state index is 1.08. The fourth-order valence-corrected chi connectivity index (χ4v) is 20.6. The predicted molar refractivity (Wildman–Crippen MR) is 149 cm³/mol. The summed E-state index contributed by atoms with van der Waals surface area (Å²) in [6.07, 6.45) is 4.32. The molecule has 0 bridgehead atoms. The third-order valence-electron chi connectivity index (χ3n) is 6.05. The van der Waals surface area contributed by atoms with Crippen molar-refractivity contribution in [2.75, 3.05) is 4.05 Å². The van der Waals surface area contributed by atoms with Gasteiger partial charge in [0.05, 0.1) is 8.07 Å². The van der Waals surface area contributed by atoms with Crippen molar-refractivity contribution < 1.29 is 0 Å². The van der Waals surface area contributed by atoms with Gasteiger partial charge in [-0.2, -0.15) is 0 Å². The van der Waals surface area contributed by atoms with Gasteiger partial charge in [0.15, 0.2) is 0 Å². The first-order chi connectivity index (χ1) is 14.6. The average molecular weight is 539 g/mol. The third kappa shape index (κ3) is 5.13. The van der Waals surface area contributed by atoms with E-state index < -0.39 is 16.1 Å². The Morgan fingerprint density at radius 1 is 0.700 bits per heavy atom. The lowest BCUT2D eigenvalue weighted by Gasteiger charge is -2.39. The highest BCUT2D eigenvalue weighted by Crippen LogP contribution is 2.29. The summed E-state index contributed by atoms with van der Waals surface area (Å²) >= 11 is 2.62. The van der Waals surface area contributed by atoms with E-state index in [1.54, 1.807) is 0 Å². The van der Waals surface area contributed by atoms with Gasteiger partial charge in [0.2, 0.25) is 0 Å². The normalized spacial score (nSPS) is 15.0. The minimum atomic E-state index is -1.97. The molecule has 154 valence electrons. The lowest BCUT2D eigenvalue weighted by molar-refractivity contribution is 1.42. The Morgan fingerprint density at radius 2 is 1.20 bits per heavy atom. The van der Waals surface area contributed by atoms with Crippen LogP contribution in [0.1, 0.15) is 0 Å². The summed E-state index contributed by atoms with van der Waals surface area (Å²) < 4.78 is 1.26. The first-order valence-corrected chi connectivity index (χ1v) is 17.6. The van der Waals surface area contributed by atoms with Crippen LogP contribution in [0.5, 0.6) is 0 Å². The molecule has 0 heterocycles. The van der Waals surface area contributed by atoms with E-state index in [9.17, 15) is 0 Å². The summed E-state index contributed by atoms with van der Waals surface area (Å²) in [7, 11) is -3.43. The molecular formula is C27H31ISi2. The molecule has 0 aromatic heterocycles. The molecule has 0 aliphatic rings. The van der Waals surface area contributed by atoms with Crippen LogP contribution in [0, 0.1) is 0 Å². The molecule has 0 amide bonds. The van der Waals surface area contributed by atoms with E-state index in [-0.39, 0.29) is 0 Å². The maximum atomic E-state index is 4.19. The van der Waals surface area contributed by atoms with E-state index in [1.165, 1.54) is 37.3 Å². The smallest absolute Gasteiger partial charge is 0.103 e. The van der Waals surface area contributed by atoms with Crippen LogP contribution >= 0.6 is 22.6 Å². The van der Waals surface area contributed by atoms with Crippen LogP contribution in [-0.2, 0) is 0 Å². The molecule has 30 heavy (non-hydrogen) atoms.